The zero-order valence-corrected chi connectivity index (χ0v) is 11.9. The van der Waals surface area contributed by atoms with Crippen LogP contribution in [0.2, 0.25) is 0 Å². The van der Waals surface area contributed by atoms with Gasteiger partial charge in [-0.25, -0.2) is 0 Å². The van der Waals surface area contributed by atoms with E-state index in [9.17, 15) is 9.90 Å². The summed E-state index contributed by atoms with van der Waals surface area (Å²) < 4.78 is 0. The Morgan fingerprint density at radius 1 is 1.33 bits per heavy atom. The number of carbonyl (C=O) groups is 1. The number of aliphatic hydroxyl groups is 1. The topological polar surface area (TPSA) is 71.2 Å². The first-order chi connectivity index (χ1) is 10.1. The number of hydrogen-bond donors (Lipinski definition) is 1. The minimum absolute atomic E-state index is 0.0897. The van der Waals surface area contributed by atoms with Crippen LogP contribution in [-0.4, -0.2) is 50.1 Å². The standard InChI is InChI=1S/C15H18N4O2/c1-11-10-18(8-7-14(11)20)15(21)13-9-16-19(17-13)12-5-3-2-4-6-12/h2-6,9,11,14,20H,7-8,10H2,1H3. The third-order valence-electron chi connectivity index (χ3n) is 3.85. The minimum Gasteiger partial charge on any atom is -0.393 e. The van der Waals surface area contributed by atoms with Gasteiger partial charge in [-0.05, 0) is 24.5 Å². The second kappa shape index (κ2) is 5.65. The Morgan fingerprint density at radius 3 is 2.81 bits per heavy atom. The summed E-state index contributed by atoms with van der Waals surface area (Å²) in [6.07, 6.45) is 1.78. The molecule has 21 heavy (non-hydrogen) atoms. The third-order valence-corrected chi connectivity index (χ3v) is 3.85. The van der Waals surface area contributed by atoms with Crippen LogP contribution in [0.25, 0.3) is 5.69 Å². The van der Waals surface area contributed by atoms with Crippen molar-refractivity contribution in [2.45, 2.75) is 19.4 Å². The van der Waals surface area contributed by atoms with Crippen LogP contribution in [0, 0.1) is 5.92 Å². The lowest BCUT2D eigenvalue weighted by molar-refractivity contribution is 0.0294. The van der Waals surface area contributed by atoms with E-state index in [1.54, 1.807) is 4.90 Å². The first kappa shape index (κ1) is 13.8. The first-order valence-corrected chi connectivity index (χ1v) is 7.10. The van der Waals surface area contributed by atoms with Crippen LogP contribution in [0.5, 0.6) is 0 Å². The third kappa shape index (κ3) is 2.80. The van der Waals surface area contributed by atoms with Gasteiger partial charge in [-0.1, -0.05) is 25.1 Å². The van der Waals surface area contributed by atoms with Gasteiger partial charge in [-0.2, -0.15) is 9.90 Å². The maximum Gasteiger partial charge on any atom is 0.276 e. The van der Waals surface area contributed by atoms with Gasteiger partial charge in [0.1, 0.15) is 0 Å². The zero-order chi connectivity index (χ0) is 14.8. The molecule has 1 aromatic heterocycles. The minimum atomic E-state index is -0.325. The number of likely N-dealkylation sites (tertiary alicyclic amines) is 1. The fourth-order valence-corrected chi connectivity index (χ4v) is 2.53. The second-order valence-corrected chi connectivity index (χ2v) is 5.44. The van der Waals surface area contributed by atoms with E-state index < -0.39 is 0 Å². The molecule has 1 fully saturated rings. The highest BCUT2D eigenvalue weighted by atomic mass is 16.3. The van der Waals surface area contributed by atoms with Gasteiger partial charge in [0.2, 0.25) is 0 Å². The highest BCUT2D eigenvalue weighted by Crippen LogP contribution is 2.18. The lowest BCUT2D eigenvalue weighted by Gasteiger charge is -2.33. The van der Waals surface area contributed by atoms with Gasteiger partial charge in [0.15, 0.2) is 5.69 Å². The number of hydrogen-bond acceptors (Lipinski definition) is 4. The van der Waals surface area contributed by atoms with Crippen LogP contribution in [-0.2, 0) is 0 Å². The molecule has 2 unspecified atom stereocenters. The molecule has 2 heterocycles. The highest BCUT2D eigenvalue weighted by molar-refractivity contribution is 5.92. The van der Waals surface area contributed by atoms with Crippen molar-refractivity contribution < 1.29 is 9.90 Å². The summed E-state index contributed by atoms with van der Waals surface area (Å²) in [7, 11) is 0. The summed E-state index contributed by atoms with van der Waals surface area (Å²) in [5.41, 5.74) is 1.15. The molecular weight excluding hydrogens is 268 g/mol. The molecular formula is C15H18N4O2. The van der Waals surface area contributed by atoms with Crippen LogP contribution in [0.15, 0.2) is 36.5 Å². The lowest BCUT2D eigenvalue weighted by atomic mass is 9.96. The van der Waals surface area contributed by atoms with E-state index in [2.05, 4.69) is 10.2 Å². The predicted octanol–water partition coefficient (Wildman–Crippen LogP) is 1.11. The number of para-hydroxylation sites is 1. The molecule has 0 spiro atoms. The molecule has 0 aliphatic carbocycles. The summed E-state index contributed by atoms with van der Waals surface area (Å²) >= 11 is 0. The van der Waals surface area contributed by atoms with E-state index in [1.165, 1.54) is 11.0 Å². The lowest BCUT2D eigenvalue weighted by Crippen LogP contribution is -2.45. The van der Waals surface area contributed by atoms with Crippen molar-refractivity contribution in [2.24, 2.45) is 5.92 Å². The van der Waals surface area contributed by atoms with E-state index in [1.807, 2.05) is 37.3 Å². The number of benzene rings is 1. The Labute approximate surface area is 123 Å². The molecule has 1 aliphatic heterocycles. The Kier molecular flexibility index (Phi) is 3.70. The fraction of sp³-hybridized carbons (Fsp3) is 0.400. The van der Waals surface area contributed by atoms with Gasteiger partial charge in [-0.15, -0.1) is 5.10 Å². The molecule has 1 aliphatic rings. The van der Waals surface area contributed by atoms with Crippen LogP contribution < -0.4 is 0 Å². The Morgan fingerprint density at radius 2 is 2.10 bits per heavy atom. The van der Waals surface area contributed by atoms with Crippen molar-refractivity contribution in [1.29, 1.82) is 0 Å². The van der Waals surface area contributed by atoms with Gasteiger partial charge < -0.3 is 10.0 Å². The van der Waals surface area contributed by atoms with E-state index in [0.29, 0.717) is 25.2 Å². The Bertz CT molecular complexity index is 626. The summed E-state index contributed by atoms with van der Waals surface area (Å²) in [5.74, 6) is -0.0391. The van der Waals surface area contributed by atoms with Crippen molar-refractivity contribution in [3.05, 3.63) is 42.2 Å². The van der Waals surface area contributed by atoms with Gasteiger partial charge >= 0.3 is 0 Å². The first-order valence-electron chi connectivity index (χ1n) is 7.10. The van der Waals surface area contributed by atoms with Crippen molar-refractivity contribution >= 4 is 5.91 Å². The zero-order valence-electron chi connectivity index (χ0n) is 11.9. The molecule has 0 bridgehead atoms. The summed E-state index contributed by atoms with van der Waals surface area (Å²) in [5, 5.41) is 18.1. The number of aliphatic hydroxyl groups excluding tert-OH is 1. The van der Waals surface area contributed by atoms with Gasteiger partial charge in [0, 0.05) is 13.1 Å². The van der Waals surface area contributed by atoms with Crippen molar-refractivity contribution in [1.82, 2.24) is 19.9 Å². The van der Waals surface area contributed by atoms with E-state index in [0.717, 1.165) is 5.69 Å². The largest absolute Gasteiger partial charge is 0.393 e. The molecule has 2 atom stereocenters. The van der Waals surface area contributed by atoms with Gasteiger partial charge in [-0.3, -0.25) is 4.79 Å². The van der Waals surface area contributed by atoms with Gasteiger partial charge in [0.05, 0.1) is 18.0 Å². The molecule has 1 amide bonds. The summed E-state index contributed by atoms with van der Waals surface area (Å²) in [6.45, 7) is 3.06. The molecule has 3 rings (SSSR count). The number of carbonyl (C=O) groups excluding carboxylic acids is 1. The number of nitrogens with zero attached hydrogens (tertiary/aromatic N) is 4. The number of rotatable bonds is 2. The number of amides is 1. The molecule has 2 aromatic rings. The molecule has 110 valence electrons. The maximum absolute atomic E-state index is 12.4. The van der Waals surface area contributed by atoms with Crippen LogP contribution in [0.3, 0.4) is 0 Å². The molecule has 1 saturated heterocycles. The molecule has 0 radical (unpaired) electrons. The van der Waals surface area contributed by atoms with Crippen molar-refractivity contribution in [3.63, 3.8) is 0 Å². The molecule has 1 aromatic carbocycles. The molecule has 0 saturated carbocycles. The van der Waals surface area contributed by atoms with Crippen LogP contribution >= 0.6 is 0 Å². The number of piperidine rings is 1. The molecule has 6 heteroatoms. The van der Waals surface area contributed by atoms with E-state index >= 15 is 0 Å². The average molecular weight is 286 g/mol. The Balaban J connectivity index is 1.76. The molecule has 1 N–H and O–H groups in total. The predicted molar refractivity (Wildman–Crippen MR) is 77.1 cm³/mol. The van der Waals surface area contributed by atoms with Crippen LogP contribution in [0.4, 0.5) is 0 Å². The van der Waals surface area contributed by atoms with Gasteiger partial charge in [0.25, 0.3) is 5.91 Å². The monoisotopic (exact) mass is 286 g/mol. The fourth-order valence-electron chi connectivity index (χ4n) is 2.53. The normalized spacial score (nSPS) is 22.3. The van der Waals surface area contributed by atoms with Crippen LogP contribution in [0.1, 0.15) is 23.8 Å². The SMILES string of the molecule is CC1CN(C(=O)c2cnn(-c3ccccc3)n2)CCC1O. The quantitative estimate of drug-likeness (QED) is 0.897. The second-order valence-electron chi connectivity index (χ2n) is 5.44. The highest BCUT2D eigenvalue weighted by Gasteiger charge is 2.29. The van der Waals surface area contributed by atoms with Crippen molar-refractivity contribution in [3.8, 4) is 5.69 Å². The maximum atomic E-state index is 12.4. The summed E-state index contributed by atoms with van der Waals surface area (Å²) in [4.78, 5) is 15.6. The smallest absolute Gasteiger partial charge is 0.276 e. The van der Waals surface area contributed by atoms with E-state index in [4.69, 9.17) is 0 Å². The Hall–Kier alpha value is -2.21. The van der Waals surface area contributed by atoms with E-state index in [-0.39, 0.29) is 17.9 Å². The summed E-state index contributed by atoms with van der Waals surface area (Å²) in [6, 6.07) is 9.47. The molecule has 6 nitrogen and oxygen atoms in total. The number of aromatic nitrogens is 3. The van der Waals surface area contributed by atoms with Crippen molar-refractivity contribution in [2.75, 3.05) is 13.1 Å². The average Bonchev–Trinajstić information content (AvgIpc) is 3.00.